The van der Waals surface area contributed by atoms with Crippen molar-refractivity contribution in [3.05, 3.63) is 77.9 Å². The zero-order chi connectivity index (χ0) is 19.7. The van der Waals surface area contributed by atoms with Crippen LogP contribution >= 0.6 is 0 Å². The number of benzene rings is 2. The van der Waals surface area contributed by atoms with Crippen molar-refractivity contribution >= 4 is 10.0 Å². The summed E-state index contributed by atoms with van der Waals surface area (Å²) in [6.07, 6.45) is 2.78. The van der Waals surface area contributed by atoms with Crippen LogP contribution in [0, 0.1) is 12.8 Å². The van der Waals surface area contributed by atoms with Gasteiger partial charge < -0.3 is 4.74 Å². The summed E-state index contributed by atoms with van der Waals surface area (Å²) >= 11 is 0. The molecule has 1 saturated heterocycles. The van der Waals surface area contributed by atoms with Gasteiger partial charge in [-0.25, -0.2) is 8.42 Å². The molecule has 1 heterocycles. The van der Waals surface area contributed by atoms with E-state index in [4.69, 9.17) is 4.74 Å². The molecule has 28 heavy (non-hydrogen) atoms. The monoisotopic (exact) mass is 397 g/mol. The predicted molar refractivity (Wildman–Crippen MR) is 110 cm³/mol. The summed E-state index contributed by atoms with van der Waals surface area (Å²) in [4.78, 5) is 0.346. The Labute approximate surface area is 167 Å². The lowest BCUT2D eigenvalue weighted by molar-refractivity contribution is -0.0264. The fourth-order valence-corrected chi connectivity index (χ4v) is 6.13. The maximum Gasteiger partial charge on any atom is 0.243 e. The number of ether oxygens (including phenoxy) is 1. The van der Waals surface area contributed by atoms with Gasteiger partial charge in [0.05, 0.1) is 23.6 Å². The van der Waals surface area contributed by atoms with Crippen molar-refractivity contribution in [2.75, 3.05) is 6.54 Å². The topological polar surface area (TPSA) is 46.6 Å². The minimum Gasteiger partial charge on any atom is -0.372 e. The molecule has 1 saturated carbocycles. The molecule has 4 nitrogen and oxygen atoms in total. The third-order valence-electron chi connectivity index (χ3n) is 5.95. The van der Waals surface area contributed by atoms with Crippen molar-refractivity contribution in [3.8, 4) is 0 Å². The zero-order valence-electron chi connectivity index (χ0n) is 16.3. The number of fused-ring (bicyclic) bond motifs is 1. The van der Waals surface area contributed by atoms with Crippen LogP contribution in [0.15, 0.2) is 71.6 Å². The molecule has 0 aromatic heterocycles. The Kier molecular flexibility index (Phi) is 5.41. The molecule has 0 spiro atoms. The summed E-state index contributed by atoms with van der Waals surface area (Å²) in [5.41, 5.74) is 3.16. The van der Waals surface area contributed by atoms with E-state index in [9.17, 15) is 8.42 Å². The zero-order valence-corrected chi connectivity index (χ0v) is 17.1. The van der Waals surface area contributed by atoms with Crippen LogP contribution in [-0.2, 0) is 21.4 Å². The molecule has 2 aromatic rings. The highest BCUT2D eigenvalue weighted by Gasteiger charge is 2.49. The fraction of sp³-hybridized carbons (Fsp3) is 0.391. The summed E-state index contributed by atoms with van der Waals surface area (Å²) in [5.74, 6) is 0.176. The molecule has 2 fully saturated rings. The van der Waals surface area contributed by atoms with Gasteiger partial charge in [0.25, 0.3) is 0 Å². The minimum atomic E-state index is -3.58. The summed E-state index contributed by atoms with van der Waals surface area (Å²) in [6, 6.07) is 17.0. The second-order valence-electron chi connectivity index (χ2n) is 7.88. The Morgan fingerprint density at radius 3 is 2.50 bits per heavy atom. The Morgan fingerprint density at radius 1 is 1.07 bits per heavy atom. The molecule has 0 amide bonds. The maximum absolute atomic E-state index is 13.4. The van der Waals surface area contributed by atoms with Crippen LogP contribution in [-0.4, -0.2) is 31.4 Å². The molecule has 0 radical (unpaired) electrons. The van der Waals surface area contributed by atoms with Crippen LogP contribution in [0.2, 0.25) is 0 Å². The normalized spacial score (nSPS) is 25.6. The van der Waals surface area contributed by atoms with E-state index in [1.807, 2.05) is 49.4 Å². The lowest BCUT2D eigenvalue weighted by Crippen LogP contribution is -2.48. The fourth-order valence-electron chi connectivity index (χ4n) is 4.44. The van der Waals surface area contributed by atoms with E-state index in [0.29, 0.717) is 18.0 Å². The third kappa shape index (κ3) is 3.66. The molecule has 0 N–H and O–H groups in total. The number of hydrogen-bond donors (Lipinski definition) is 0. The van der Waals surface area contributed by atoms with Gasteiger partial charge in [0, 0.05) is 12.5 Å². The average molecular weight is 398 g/mol. The van der Waals surface area contributed by atoms with E-state index in [2.05, 4.69) is 6.58 Å². The Balaban J connectivity index is 1.60. The molecule has 1 aliphatic heterocycles. The number of rotatable bonds is 5. The summed E-state index contributed by atoms with van der Waals surface area (Å²) in [7, 11) is -3.58. The highest BCUT2D eigenvalue weighted by atomic mass is 32.2. The number of nitrogens with zero attached hydrogens (tertiary/aromatic N) is 1. The first-order valence-electron chi connectivity index (χ1n) is 9.88. The first-order chi connectivity index (χ1) is 13.5. The van der Waals surface area contributed by atoms with Gasteiger partial charge in [-0.2, -0.15) is 4.31 Å². The van der Waals surface area contributed by atoms with Crippen molar-refractivity contribution in [2.24, 2.45) is 5.92 Å². The molecular weight excluding hydrogens is 370 g/mol. The molecule has 148 valence electrons. The van der Waals surface area contributed by atoms with Crippen LogP contribution < -0.4 is 0 Å². The second-order valence-corrected chi connectivity index (χ2v) is 9.78. The average Bonchev–Trinajstić information content (AvgIpc) is 3.06. The van der Waals surface area contributed by atoms with Gasteiger partial charge >= 0.3 is 0 Å². The van der Waals surface area contributed by atoms with Crippen molar-refractivity contribution in [2.45, 2.75) is 49.8 Å². The highest BCUT2D eigenvalue weighted by Crippen LogP contribution is 2.43. The molecule has 4 rings (SSSR count). The van der Waals surface area contributed by atoms with Crippen LogP contribution in [0.3, 0.4) is 0 Å². The van der Waals surface area contributed by atoms with Crippen LogP contribution in [0.1, 0.15) is 30.4 Å². The summed E-state index contributed by atoms with van der Waals surface area (Å²) < 4.78 is 34.7. The van der Waals surface area contributed by atoms with E-state index < -0.39 is 10.0 Å². The van der Waals surface area contributed by atoms with Crippen LogP contribution in [0.4, 0.5) is 0 Å². The van der Waals surface area contributed by atoms with Gasteiger partial charge in [-0.15, -0.1) is 0 Å². The van der Waals surface area contributed by atoms with E-state index in [1.54, 1.807) is 16.4 Å². The molecule has 3 atom stereocenters. The van der Waals surface area contributed by atoms with Gasteiger partial charge in [0.15, 0.2) is 0 Å². The van der Waals surface area contributed by atoms with Gasteiger partial charge in [-0.3, -0.25) is 0 Å². The predicted octanol–water partition coefficient (Wildman–Crippen LogP) is 4.31. The number of sulfonamides is 1. The summed E-state index contributed by atoms with van der Waals surface area (Å²) in [5, 5.41) is 0. The number of aryl methyl sites for hydroxylation is 1. The molecule has 2 aromatic carbocycles. The first-order valence-corrected chi connectivity index (χ1v) is 11.3. The van der Waals surface area contributed by atoms with Crippen LogP contribution in [0.5, 0.6) is 0 Å². The minimum absolute atomic E-state index is 0.113. The second kappa shape index (κ2) is 7.82. The highest BCUT2D eigenvalue weighted by molar-refractivity contribution is 7.89. The number of hydrogen-bond acceptors (Lipinski definition) is 3. The molecule has 1 aliphatic carbocycles. The first kappa shape index (κ1) is 19.4. The lowest BCUT2D eigenvalue weighted by atomic mass is 9.81. The quantitative estimate of drug-likeness (QED) is 0.707. The van der Waals surface area contributed by atoms with Crippen LogP contribution in [0.25, 0.3) is 0 Å². The lowest BCUT2D eigenvalue weighted by Gasteiger charge is -2.37. The van der Waals surface area contributed by atoms with E-state index in [1.165, 1.54) is 0 Å². The van der Waals surface area contributed by atoms with Crippen molar-refractivity contribution in [1.82, 2.24) is 4.31 Å². The Bertz CT molecular complexity index is 938. The van der Waals surface area contributed by atoms with Crippen molar-refractivity contribution in [3.63, 3.8) is 0 Å². The SMILES string of the molecule is C=C1CN(S(=O)(=O)c2ccc(C)cc2)[C@@H]2[C@@H](OCc3ccccc3)CCC[C@H]12. The molecular formula is C23H27NO3S. The van der Waals surface area contributed by atoms with Crippen molar-refractivity contribution < 1.29 is 13.2 Å². The summed E-state index contributed by atoms with van der Waals surface area (Å²) in [6.45, 7) is 7.04. The molecule has 0 bridgehead atoms. The maximum atomic E-state index is 13.4. The van der Waals surface area contributed by atoms with Crippen molar-refractivity contribution in [1.29, 1.82) is 0 Å². The van der Waals surface area contributed by atoms with Gasteiger partial charge in [-0.05, 0) is 37.5 Å². The standard InChI is InChI=1S/C23H27NO3S/c1-17-11-13-20(14-12-17)28(25,26)24-15-18(2)21-9-6-10-22(23(21)24)27-16-19-7-4-3-5-8-19/h3-5,7-8,11-14,21-23H,2,6,9-10,15-16H2,1H3/t21-,22+,23+/m1/s1. The smallest absolute Gasteiger partial charge is 0.243 e. The molecule has 5 heteroatoms. The van der Waals surface area contributed by atoms with Gasteiger partial charge in [0.2, 0.25) is 10.0 Å². The van der Waals surface area contributed by atoms with Gasteiger partial charge in [0.1, 0.15) is 0 Å². The Hall–Kier alpha value is -1.95. The van der Waals surface area contributed by atoms with E-state index >= 15 is 0 Å². The largest absolute Gasteiger partial charge is 0.372 e. The van der Waals surface area contributed by atoms with E-state index in [-0.39, 0.29) is 18.1 Å². The molecule has 0 unspecified atom stereocenters. The Morgan fingerprint density at radius 2 is 1.79 bits per heavy atom. The third-order valence-corrected chi connectivity index (χ3v) is 7.81. The van der Waals surface area contributed by atoms with Gasteiger partial charge in [-0.1, -0.05) is 66.6 Å². The molecule has 2 aliphatic rings. The van der Waals surface area contributed by atoms with E-state index in [0.717, 1.165) is 36.0 Å².